The third kappa shape index (κ3) is 6.05. The number of likely N-dealkylation sites (N-methyl/N-ethyl adjacent to an activating group) is 1. The topological polar surface area (TPSA) is 93.5 Å². The summed E-state index contributed by atoms with van der Waals surface area (Å²) in [6, 6.07) is 17.8. The summed E-state index contributed by atoms with van der Waals surface area (Å²) in [5.41, 5.74) is 2.31. The van der Waals surface area contributed by atoms with Gasteiger partial charge in [0.05, 0.1) is 16.3 Å². The van der Waals surface area contributed by atoms with Crippen LogP contribution in [-0.4, -0.2) is 54.4 Å². The van der Waals surface area contributed by atoms with E-state index in [0.29, 0.717) is 29.0 Å². The van der Waals surface area contributed by atoms with Gasteiger partial charge in [-0.2, -0.15) is 0 Å². The minimum Gasteiger partial charge on any atom is -0.457 e. The number of hydrogen-bond acceptors (Lipinski definition) is 6. The van der Waals surface area contributed by atoms with E-state index in [2.05, 4.69) is 10.3 Å². The molecule has 5 rings (SSSR count). The summed E-state index contributed by atoms with van der Waals surface area (Å²) in [5.74, 6) is 1.19. The van der Waals surface area contributed by atoms with Crippen LogP contribution in [0.1, 0.15) is 43.2 Å². The van der Waals surface area contributed by atoms with E-state index in [-0.39, 0.29) is 22.9 Å². The van der Waals surface area contributed by atoms with Crippen molar-refractivity contribution < 1.29 is 17.9 Å². The van der Waals surface area contributed by atoms with E-state index >= 15 is 0 Å². The average molecular weight is 561 g/mol. The van der Waals surface area contributed by atoms with Crippen LogP contribution in [0.4, 0.5) is 0 Å². The molecule has 2 heterocycles. The van der Waals surface area contributed by atoms with Gasteiger partial charge >= 0.3 is 0 Å². The zero-order chi connectivity index (χ0) is 28.3. The van der Waals surface area contributed by atoms with Crippen LogP contribution < -0.4 is 10.1 Å². The summed E-state index contributed by atoms with van der Waals surface area (Å²) in [4.78, 5) is 19.5. The van der Waals surface area contributed by atoms with Crippen molar-refractivity contribution in [2.24, 2.45) is 0 Å². The number of pyridine rings is 1. The zero-order valence-electron chi connectivity index (χ0n) is 23.2. The fourth-order valence-electron chi connectivity index (χ4n) is 5.19. The first-order chi connectivity index (χ1) is 19.2. The maximum absolute atomic E-state index is 13.3. The number of carbonyl (C=O) groups is 1. The number of rotatable bonds is 9. The summed E-state index contributed by atoms with van der Waals surface area (Å²) in [5, 5.41) is 3.84. The number of benzene rings is 2. The van der Waals surface area contributed by atoms with Gasteiger partial charge in [0, 0.05) is 18.4 Å². The smallest absolute Gasteiger partial charge is 0.269 e. The highest BCUT2D eigenvalue weighted by Gasteiger charge is 2.25. The highest BCUT2D eigenvalue weighted by molar-refractivity contribution is 7.90. The maximum Gasteiger partial charge on any atom is 0.269 e. The molecule has 40 heavy (non-hydrogen) atoms. The van der Waals surface area contributed by atoms with Gasteiger partial charge in [0.25, 0.3) is 10.0 Å². The predicted octanol–water partition coefficient (Wildman–Crippen LogP) is 5.30. The van der Waals surface area contributed by atoms with Gasteiger partial charge in [0.2, 0.25) is 5.91 Å². The molecule has 0 spiro atoms. The number of nitrogens with one attached hydrogen (secondary N) is 1. The van der Waals surface area contributed by atoms with E-state index in [9.17, 15) is 13.2 Å². The molecule has 2 aromatic carbocycles. The van der Waals surface area contributed by atoms with Crippen molar-refractivity contribution in [1.82, 2.24) is 19.2 Å². The van der Waals surface area contributed by atoms with Crippen molar-refractivity contribution >= 4 is 27.0 Å². The van der Waals surface area contributed by atoms with Gasteiger partial charge in [0.15, 0.2) is 5.65 Å². The van der Waals surface area contributed by atoms with Gasteiger partial charge in [-0.1, -0.05) is 49.1 Å². The fraction of sp³-hybridized carbons (Fsp3) is 0.355. The van der Waals surface area contributed by atoms with Crippen molar-refractivity contribution in [2.45, 2.75) is 62.4 Å². The second-order valence-corrected chi connectivity index (χ2v) is 12.6. The molecular weight excluding hydrogens is 524 g/mol. The Bertz CT molecular complexity index is 1570. The Kier molecular flexibility index (Phi) is 8.23. The maximum atomic E-state index is 13.3. The molecule has 1 N–H and O–H groups in total. The first-order valence-corrected chi connectivity index (χ1v) is 15.2. The minimum absolute atomic E-state index is 0.0708. The number of carbonyl (C=O) groups excluding carboxylic acids is 1. The summed E-state index contributed by atoms with van der Waals surface area (Å²) >= 11 is 0. The van der Waals surface area contributed by atoms with E-state index in [1.807, 2.05) is 50.2 Å². The molecule has 0 bridgehead atoms. The van der Waals surface area contributed by atoms with Gasteiger partial charge in [-0.25, -0.2) is 17.4 Å². The molecule has 1 aliphatic rings. The molecule has 1 fully saturated rings. The van der Waals surface area contributed by atoms with Gasteiger partial charge in [-0.3, -0.25) is 9.69 Å². The Morgan fingerprint density at radius 1 is 1.02 bits per heavy atom. The molecule has 1 aliphatic carbocycles. The van der Waals surface area contributed by atoms with Crippen LogP contribution in [0.5, 0.6) is 11.5 Å². The van der Waals surface area contributed by atoms with E-state index in [1.165, 1.54) is 29.4 Å². The molecule has 9 heteroatoms. The SMILES string of the molecule is Cc1ccc(S(=O)(=O)n2ccc3c(Oc4ccc(CC(C(=O)NC5CCCCC5)N(C)C)cc4)ccnc32)cc1. The number of amides is 1. The lowest BCUT2D eigenvalue weighted by Crippen LogP contribution is -2.48. The lowest BCUT2D eigenvalue weighted by Gasteiger charge is -2.28. The summed E-state index contributed by atoms with van der Waals surface area (Å²) in [6.45, 7) is 1.91. The number of aromatic nitrogens is 2. The van der Waals surface area contributed by atoms with E-state index < -0.39 is 10.0 Å². The second kappa shape index (κ2) is 11.8. The monoisotopic (exact) mass is 560 g/mol. The van der Waals surface area contributed by atoms with Crippen LogP contribution in [0.25, 0.3) is 11.0 Å². The van der Waals surface area contributed by atoms with Crippen molar-refractivity contribution in [1.29, 1.82) is 0 Å². The number of nitrogens with zero attached hydrogens (tertiary/aromatic N) is 3. The highest BCUT2D eigenvalue weighted by Crippen LogP contribution is 2.31. The molecular formula is C31H36N4O4S. The zero-order valence-corrected chi connectivity index (χ0v) is 24.0. The van der Waals surface area contributed by atoms with E-state index in [1.54, 1.807) is 42.6 Å². The van der Waals surface area contributed by atoms with Crippen LogP contribution >= 0.6 is 0 Å². The number of ether oxygens (including phenoxy) is 1. The Labute approximate surface area is 236 Å². The summed E-state index contributed by atoms with van der Waals surface area (Å²) in [7, 11) is 0.0583. The molecule has 1 unspecified atom stereocenters. The molecule has 2 aromatic heterocycles. The quantitative estimate of drug-likeness (QED) is 0.299. The van der Waals surface area contributed by atoms with Crippen molar-refractivity contribution in [2.75, 3.05) is 14.1 Å². The first-order valence-electron chi connectivity index (χ1n) is 13.7. The molecule has 0 saturated heterocycles. The normalized spacial score (nSPS) is 15.3. The molecule has 0 radical (unpaired) electrons. The average Bonchev–Trinajstić information content (AvgIpc) is 3.39. The number of fused-ring (bicyclic) bond motifs is 1. The third-order valence-corrected chi connectivity index (χ3v) is 9.23. The number of hydrogen-bond donors (Lipinski definition) is 1. The van der Waals surface area contributed by atoms with Crippen molar-refractivity contribution in [3.05, 3.63) is 84.2 Å². The molecule has 0 aliphatic heterocycles. The van der Waals surface area contributed by atoms with Crippen molar-refractivity contribution in [3.8, 4) is 11.5 Å². The molecule has 4 aromatic rings. The Morgan fingerprint density at radius 2 is 1.73 bits per heavy atom. The lowest BCUT2D eigenvalue weighted by molar-refractivity contribution is -0.126. The van der Waals surface area contributed by atoms with Crippen LogP contribution in [0.15, 0.2) is 78.0 Å². The van der Waals surface area contributed by atoms with Gasteiger partial charge in [-0.05, 0) is 82.2 Å². The standard InChI is InChI=1S/C31H36N4O4S/c1-22-9-15-26(16-10-22)40(37,38)35-20-18-27-29(17-19-32-30(27)35)39-25-13-11-23(12-14-25)21-28(34(2)3)31(36)33-24-7-5-4-6-8-24/h9-20,24,28H,4-8,21H2,1-3H3,(H,33,36). The highest BCUT2D eigenvalue weighted by atomic mass is 32.2. The Balaban J connectivity index is 1.31. The minimum atomic E-state index is -3.81. The van der Waals surface area contributed by atoms with Crippen LogP contribution in [0.3, 0.4) is 0 Å². The van der Waals surface area contributed by atoms with Crippen LogP contribution in [-0.2, 0) is 21.2 Å². The van der Waals surface area contributed by atoms with Gasteiger partial charge in [-0.15, -0.1) is 0 Å². The molecule has 1 saturated carbocycles. The summed E-state index contributed by atoms with van der Waals surface area (Å²) in [6.07, 6.45) is 9.35. The second-order valence-electron chi connectivity index (χ2n) is 10.7. The van der Waals surface area contributed by atoms with E-state index in [0.717, 1.165) is 24.0 Å². The predicted molar refractivity (Wildman–Crippen MR) is 156 cm³/mol. The molecule has 1 amide bonds. The fourth-order valence-corrected chi connectivity index (χ4v) is 6.50. The Hall–Kier alpha value is -3.69. The third-order valence-electron chi connectivity index (χ3n) is 7.55. The molecule has 210 valence electrons. The van der Waals surface area contributed by atoms with E-state index in [4.69, 9.17) is 4.74 Å². The molecule has 1 atom stereocenters. The number of aryl methyl sites for hydroxylation is 1. The van der Waals surface area contributed by atoms with Crippen LogP contribution in [0.2, 0.25) is 0 Å². The lowest BCUT2D eigenvalue weighted by atomic mass is 9.95. The largest absolute Gasteiger partial charge is 0.457 e. The van der Waals surface area contributed by atoms with Gasteiger partial charge in [0.1, 0.15) is 11.5 Å². The van der Waals surface area contributed by atoms with Gasteiger partial charge < -0.3 is 10.1 Å². The van der Waals surface area contributed by atoms with Crippen molar-refractivity contribution in [3.63, 3.8) is 0 Å². The summed E-state index contributed by atoms with van der Waals surface area (Å²) < 4.78 is 33.9. The first kappa shape index (κ1) is 27.9. The molecule has 8 nitrogen and oxygen atoms in total. The van der Waals surface area contributed by atoms with Crippen LogP contribution in [0, 0.1) is 6.92 Å². The Morgan fingerprint density at radius 3 is 2.40 bits per heavy atom.